The summed E-state index contributed by atoms with van der Waals surface area (Å²) in [5.74, 6) is -5.24. The predicted octanol–water partition coefficient (Wildman–Crippen LogP) is 0.367. The van der Waals surface area contributed by atoms with Gasteiger partial charge in [-0.2, -0.15) is 0 Å². The molecule has 0 atom stereocenters. The number of phenolic OH excluding ortho intramolecular Hbond substituents is 1. The molecule has 0 fully saturated rings. The van der Waals surface area contributed by atoms with Crippen molar-refractivity contribution in [3.8, 4) is 5.75 Å². The fraction of sp³-hybridized carbons (Fsp3) is 0.0833. The fourth-order valence-electron chi connectivity index (χ4n) is 1.65. The quantitative estimate of drug-likeness (QED) is 0.766. The van der Waals surface area contributed by atoms with E-state index in [1.54, 1.807) is 0 Å². The van der Waals surface area contributed by atoms with Crippen molar-refractivity contribution in [2.45, 2.75) is 0 Å². The average Bonchev–Trinajstić information content (AvgIpc) is 2.64. The number of benzene rings is 1. The fourth-order valence-corrected chi connectivity index (χ4v) is 1.65. The number of aromatic hydroxyl groups is 1. The molecule has 1 aromatic carbocycles. The van der Waals surface area contributed by atoms with E-state index in [-0.39, 0.29) is 17.1 Å². The van der Waals surface area contributed by atoms with Crippen LogP contribution in [0.2, 0.25) is 0 Å². The minimum Gasteiger partial charge on any atom is -0.503 e. The number of carbonyl (C=O) groups is 2. The summed E-state index contributed by atoms with van der Waals surface area (Å²) < 4.78 is 26.3. The average molecular weight is 281 g/mol. The Balaban J connectivity index is 2.46. The molecule has 1 heterocycles. The Bertz CT molecular complexity index is 660. The molecule has 3 N–H and O–H groups in total. The zero-order valence-corrected chi connectivity index (χ0v) is 10.2. The van der Waals surface area contributed by atoms with Crippen LogP contribution in [0.15, 0.2) is 22.8 Å². The number of amides is 2. The van der Waals surface area contributed by atoms with Crippen LogP contribution in [-0.2, 0) is 9.59 Å². The third-order valence-corrected chi connectivity index (χ3v) is 2.63. The van der Waals surface area contributed by atoms with E-state index in [2.05, 4.69) is 4.99 Å². The first-order valence-corrected chi connectivity index (χ1v) is 5.37. The topological polar surface area (TPSA) is 96.0 Å². The molecule has 104 valence electrons. The van der Waals surface area contributed by atoms with E-state index in [1.165, 1.54) is 7.05 Å². The first-order chi connectivity index (χ1) is 9.31. The van der Waals surface area contributed by atoms with Crippen molar-refractivity contribution in [3.05, 3.63) is 35.0 Å². The van der Waals surface area contributed by atoms with Crippen molar-refractivity contribution in [2.24, 2.45) is 10.7 Å². The standard InChI is InChI=1S/C12H9F2N3O3/c1-17-11(10(15)19)16-8(12(17)20)4-5-2-6(13)9(18)7(14)3-5/h2-4,18H,1H3,(H2,15,19)/b8-4+. The monoisotopic (exact) mass is 281 g/mol. The van der Waals surface area contributed by atoms with Crippen molar-refractivity contribution >= 4 is 23.7 Å². The van der Waals surface area contributed by atoms with E-state index in [0.717, 1.165) is 23.1 Å². The highest BCUT2D eigenvalue weighted by Gasteiger charge is 2.30. The Kier molecular flexibility index (Phi) is 3.23. The minimum atomic E-state index is -1.17. The van der Waals surface area contributed by atoms with Gasteiger partial charge in [0.1, 0.15) is 5.70 Å². The van der Waals surface area contributed by atoms with Crippen molar-refractivity contribution in [3.63, 3.8) is 0 Å². The molecule has 0 radical (unpaired) electrons. The second-order valence-electron chi connectivity index (χ2n) is 4.03. The number of hydrogen-bond acceptors (Lipinski definition) is 4. The molecule has 6 nitrogen and oxygen atoms in total. The SMILES string of the molecule is CN1C(=O)/C(=C\c2cc(F)c(O)c(F)c2)N=C1C(N)=O. The van der Waals surface area contributed by atoms with E-state index in [0.29, 0.717) is 0 Å². The first-order valence-electron chi connectivity index (χ1n) is 5.37. The largest absolute Gasteiger partial charge is 0.503 e. The molecule has 0 aromatic heterocycles. The van der Waals surface area contributed by atoms with Crippen LogP contribution in [0.4, 0.5) is 8.78 Å². The number of carbonyl (C=O) groups excluding carboxylic acids is 2. The molecular weight excluding hydrogens is 272 g/mol. The summed E-state index contributed by atoms with van der Waals surface area (Å²) in [6.45, 7) is 0. The lowest BCUT2D eigenvalue weighted by Crippen LogP contribution is -2.37. The molecule has 0 unspecified atom stereocenters. The van der Waals surface area contributed by atoms with Crippen LogP contribution >= 0.6 is 0 Å². The Hall–Kier alpha value is -2.77. The number of nitrogens with two attached hydrogens (primary N) is 1. The molecule has 2 rings (SSSR count). The van der Waals surface area contributed by atoms with E-state index in [9.17, 15) is 18.4 Å². The predicted molar refractivity (Wildman–Crippen MR) is 65.4 cm³/mol. The van der Waals surface area contributed by atoms with Gasteiger partial charge in [0.15, 0.2) is 17.4 Å². The molecule has 0 saturated heterocycles. The van der Waals surface area contributed by atoms with Gasteiger partial charge in [0, 0.05) is 7.05 Å². The van der Waals surface area contributed by atoms with E-state index in [4.69, 9.17) is 10.8 Å². The number of primary amides is 1. The van der Waals surface area contributed by atoms with Gasteiger partial charge in [0.05, 0.1) is 0 Å². The maximum atomic E-state index is 13.2. The molecule has 0 spiro atoms. The summed E-state index contributed by atoms with van der Waals surface area (Å²) in [6.07, 6.45) is 1.08. The van der Waals surface area contributed by atoms with Crippen LogP contribution in [0.5, 0.6) is 5.75 Å². The Morgan fingerprint density at radius 2 is 1.95 bits per heavy atom. The van der Waals surface area contributed by atoms with Gasteiger partial charge < -0.3 is 10.8 Å². The lowest BCUT2D eigenvalue weighted by Gasteiger charge is -2.07. The number of amidine groups is 1. The Labute approximate surface area is 111 Å². The maximum absolute atomic E-state index is 13.2. The number of aliphatic imine (C=N–C) groups is 1. The van der Waals surface area contributed by atoms with Gasteiger partial charge in [0.2, 0.25) is 5.84 Å². The van der Waals surface area contributed by atoms with E-state index in [1.807, 2.05) is 0 Å². The lowest BCUT2D eigenvalue weighted by molar-refractivity contribution is -0.123. The highest BCUT2D eigenvalue weighted by Crippen LogP contribution is 2.24. The highest BCUT2D eigenvalue weighted by molar-refractivity contribution is 6.43. The molecule has 0 aliphatic carbocycles. The van der Waals surface area contributed by atoms with Crippen molar-refractivity contribution in [1.29, 1.82) is 0 Å². The molecule has 8 heteroatoms. The molecule has 20 heavy (non-hydrogen) atoms. The second kappa shape index (κ2) is 4.72. The zero-order chi connectivity index (χ0) is 15.0. The van der Waals surface area contributed by atoms with Gasteiger partial charge in [-0.1, -0.05) is 0 Å². The number of halogens is 2. The van der Waals surface area contributed by atoms with Gasteiger partial charge in [-0.3, -0.25) is 14.5 Å². The van der Waals surface area contributed by atoms with Crippen LogP contribution in [0.1, 0.15) is 5.56 Å². The van der Waals surface area contributed by atoms with E-state index < -0.39 is 29.2 Å². The zero-order valence-electron chi connectivity index (χ0n) is 10.2. The van der Waals surface area contributed by atoms with Crippen LogP contribution in [0.25, 0.3) is 6.08 Å². The molecule has 1 aliphatic heterocycles. The number of rotatable bonds is 2. The smallest absolute Gasteiger partial charge is 0.284 e. The summed E-state index contributed by atoms with van der Waals surface area (Å²) in [5, 5.41) is 8.97. The summed E-state index contributed by atoms with van der Waals surface area (Å²) >= 11 is 0. The molecule has 0 bridgehead atoms. The number of phenols is 1. The van der Waals surface area contributed by atoms with Crippen LogP contribution in [-0.4, -0.2) is 34.7 Å². The molecule has 1 aromatic rings. The maximum Gasteiger partial charge on any atom is 0.284 e. The summed E-state index contributed by atoms with van der Waals surface area (Å²) in [4.78, 5) is 27.4. The van der Waals surface area contributed by atoms with Crippen LogP contribution < -0.4 is 5.73 Å². The first kappa shape index (κ1) is 13.7. The highest BCUT2D eigenvalue weighted by atomic mass is 19.1. The van der Waals surface area contributed by atoms with Crippen molar-refractivity contribution in [1.82, 2.24) is 4.90 Å². The van der Waals surface area contributed by atoms with Gasteiger partial charge >= 0.3 is 0 Å². The molecule has 2 amide bonds. The Morgan fingerprint density at radius 3 is 2.40 bits per heavy atom. The summed E-state index contributed by atoms with van der Waals surface area (Å²) in [7, 11) is 1.30. The van der Waals surface area contributed by atoms with Crippen LogP contribution in [0.3, 0.4) is 0 Å². The Morgan fingerprint density at radius 1 is 1.40 bits per heavy atom. The van der Waals surface area contributed by atoms with Gasteiger partial charge in [-0.05, 0) is 23.8 Å². The molecule has 0 saturated carbocycles. The molecular formula is C12H9F2N3O3. The van der Waals surface area contributed by atoms with Crippen molar-refractivity contribution < 1.29 is 23.5 Å². The number of likely N-dealkylation sites (N-methyl/N-ethyl adjacent to an activating group) is 1. The normalized spacial score (nSPS) is 16.8. The third-order valence-electron chi connectivity index (χ3n) is 2.63. The van der Waals surface area contributed by atoms with Gasteiger partial charge in [-0.15, -0.1) is 0 Å². The van der Waals surface area contributed by atoms with Crippen LogP contribution in [0, 0.1) is 11.6 Å². The van der Waals surface area contributed by atoms with E-state index >= 15 is 0 Å². The molecule has 1 aliphatic rings. The number of nitrogens with zero attached hydrogens (tertiary/aromatic N) is 2. The van der Waals surface area contributed by atoms with Gasteiger partial charge in [0.25, 0.3) is 11.8 Å². The van der Waals surface area contributed by atoms with Gasteiger partial charge in [-0.25, -0.2) is 13.8 Å². The minimum absolute atomic E-state index is 0.0241. The number of hydrogen-bond donors (Lipinski definition) is 2. The summed E-state index contributed by atoms with van der Waals surface area (Å²) in [5.41, 5.74) is 4.82. The second-order valence-corrected chi connectivity index (χ2v) is 4.03. The van der Waals surface area contributed by atoms with Crippen molar-refractivity contribution in [2.75, 3.05) is 7.05 Å². The lowest BCUT2D eigenvalue weighted by atomic mass is 10.1. The summed E-state index contributed by atoms with van der Waals surface area (Å²) in [6, 6.07) is 1.66. The third kappa shape index (κ3) is 2.22.